The van der Waals surface area contributed by atoms with Crippen LogP contribution in [0.3, 0.4) is 0 Å². The van der Waals surface area contributed by atoms with Crippen LogP contribution in [-0.2, 0) is 20.8 Å². The van der Waals surface area contributed by atoms with Crippen LogP contribution in [0.5, 0.6) is 17.2 Å². The van der Waals surface area contributed by atoms with Gasteiger partial charge >= 0.3 is 5.97 Å². The number of benzene rings is 1. The number of carbonyl (C=O) groups is 3. The predicted molar refractivity (Wildman–Crippen MR) is 150 cm³/mol. The van der Waals surface area contributed by atoms with Crippen LogP contribution < -0.4 is 35.6 Å². The third-order valence-electron chi connectivity index (χ3n) is 6.74. The van der Waals surface area contributed by atoms with E-state index < -0.39 is 12.0 Å². The van der Waals surface area contributed by atoms with E-state index in [4.69, 9.17) is 19.3 Å². The molecule has 11 heteroatoms. The van der Waals surface area contributed by atoms with Gasteiger partial charge in [-0.05, 0) is 60.6 Å². The predicted octanol–water partition coefficient (Wildman–Crippen LogP) is 3.04. The highest BCUT2D eigenvalue weighted by atomic mass is 16.5. The number of aliphatic carboxylic acids is 1. The Kier molecular flexibility index (Phi) is 10.7. The summed E-state index contributed by atoms with van der Waals surface area (Å²) in [5.74, 6) is 0.0421. The van der Waals surface area contributed by atoms with Crippen molar-refractivity contribution in [3.63, 3.8) is 0 Å². The molecule has 0 saturated heterocycles. The van der Waals surface area contributed by atoms with Gasteiger partial charge in [-0.1, -0.05) is 12.5 Å². The number of rotatable bonds is 13. The number of anilines is 1. The van der Waals surface area contributed by atoms with E-state index in [9.17, 15) is 19.2 Å². The van der Waals surface area contributed by atoms with E-state index in [1.165, 1.54) is 27.2 Å². The molecule has 0 spiro atoms. The minimum Gasteiger partial charge on any atom is -0.493 e. The maximum atomic E-state index is 13.3. The van der Waals surface area contributed by atoms with Crippen molar-refractivity contribution in [2.75, 3.05) is 39.7 Å². The summed E-state index contributed by atoms with van der Waals surface area (Å²) in [6.45, 7) is 1.74. The number of amides is 2. The van der Waals surface area contributed by atoms with Gasteiger partial charge in [0.05, 0.1) is 39.6 Å². The highest BCUT2D eigenvalue weighted by Gasteiger charge is 2.29. The quantitative estimate of drug-likeness (QED) is 0.273. The molecule has 0 fully saturated rings. The lowest BCUT2D eigenvalue weighted by Gasteiger charge is -2.19. The fourth-order valence-electron chi connectivity index (χ4n) is 4.90. The number of methoxy groups -OCH3 is 3. The van der Waals surface area contributed by atoms with Crippen LogP contribution in [0.25, 0.3) is 11.1 Å². The first-order valence-corrected chi connectivity index (χ1v) is 13.2. The molecular formula is C29H37N3O8. The summed E-state index contributed by atoms with van der Waals surface area (Å²) in [6.07, 6.45) is 3.15. The molecular weight excluding hydrogens is 518 g/mol. The topological polar surface area (TPSA) is 152 Å². The molecule has 3 rings (SSSR count). The second-order valence-corrected chi connectivity index (χ2v) is 9.50. The Morgan fingerprint density at radius 2 is 1.75 bits per heavy atom. The number of fused-ring (bicyclic) bond motifs is 3. The van der Waals surface area contributed by atoms with Crippen molar-refractivity contribution in [3.8, 4) is 28.4 Å². The molecule has 2 aromatic rings. The largest absolute Gasteiger partial charge is 0.493 e. The zero-order valence-electron chi connectivity index (χ0n) is 23.3. The molecule has 216 valence electrons. The Bertz CT molecular complexity index is 1310. The molecule has 2 amide bonds. The Hall–Kier alpha value is -4.28. The highest BCUT2D eigenvalue weighted by Crippen LogP contribution is 2.50. The zero-order valence-corrected chi connectivity index (χ0v) is 23.3. The van der Waals surface area contributed by atoms with Crippen LogP contribution in [0, 0.1) is 0 Å². The summed E-state index contributed by atoms with van der Waals surface area (Å²) in [5.41, 5.74) is 2.88. The van der Waals surface area contributed by atoms with E-state index in [0.29, 0.717) is 67.0 Å². The number of carboxylic acids is 1. The van der Waals surface area contributed by atoms with Crippen molar-refractivity contribution < 1.29 is 33.7 Å². The molecule has 0 unspecified atom stereocenters. The number of hydrogen-bond donors (Lipinski definition) is 4. The molecule has 0 saturated carbocycles. The van der Waals surface area contributed by atoms with Crippen molar-refractivity contribution in [2.24, 2.45) is 0 Å². The summed E-state index contributed by atoms with van der Waals surface area (Å²) in [4.78, 5) is 48.3. The number of nitrogens with one attached hydrogen (secondary N) is 3. The van der Waals surface area contributed by atoms with Crippen molar-refractivity contribution in [2.45, 2.75) is 51.5 Å². The van der Waals surface area contributed by atoms with Gasteiger partial charge in [0, 0.05) is 25.5 Å². The van der Waals surface area contributed by atoms with E-state index in [2.05, 4.69) is 16.0 Å². The maximum Gasteiger partial charge on any atom is 0.303 e. The van der Waals surface area contributed by atoms with Crippen LogP contribution in [0.15, 0.2) is 29.1 Å². The maximum absolute atomic E-state index is 13.3. The SMILES string of the molecule is COc1cc2c(c(OC)c1OC)-c1ccc(NCC(=O)NCCCCCC(=O)O)c(=O)cc1[C@@H](NC(C)=O)CC2. The van der Waals surface area contributed by atoms with Gasteiger partial charge in [0.15, 0.2) is 11.5 Å². The van der Waals surface area contributed by atoms with Gasteiger partial charge in [0.25, 0.3) is 0 Å². The molecule has 2 aromatic carbocycles. The molecule has 0 radical (unpaired) electrons. The second kappa shape index (κ2) is 14.2. The second-order valence-electron chi connectivity index (χ2n) is 9.50. The van der Waals surface area contributed by atoms with E-state index >= 15 is 0 Å². The van der Waals surface area contributed by atoms with Crippen LogP contribution >= 0.6 is 0 Å². The minimum atomic E-state index is -0.834. The van der Waals surface area contributed by atoms with Crippen molar-refractivity contribution in [1.29, 1.82) is 0 Å². The Morgan fingerprint density at radius 1 is 1.00 bits per heavy atom. The van der Waals surface area contributed by atoms with Crippen LogP contribution in [0.4, 0.5) is 5.69 Å². The lowest BCUT2D eigenvalue weighted by atomic mass is 9.95. The average molecular weight is 556 g/mol. The number of aryl methyl sites for hydroxylation is 1. The van der Waals surface area contributed by atoms with Gasteiger partial charge in [-0.3, -0.25) is 19.2 Å². The fraction of sp³-hybridized carbons (Fsp3) is 0.448. The van der Waals surface area contributed by atoms with Gasteiger partial charge in [-0.2, -0.15) is 0 Å². The summed E-state index contributed by atoms with van der Waals surface area (Å²) < 4.78 is 16.9. The lowest BCUT2D eigenvalue weighted by Crippen LogP contribution is -2.31. The van der Waals surface area contributed by atoms with Crippen molar-refractivity contribution in [1.82, 2.24) is 10.6 Å². The van der Waals surface area contributed by atoms with E-state index in [1.807, 2.05) is 6.07 Å². The molecule has 0 heterocycles. The third kappa shape index (κ3) is 7.43. The van der Waals surface area contributed by atoms with Gasteiger partial charge in [0.1, 0.15) is 0 Å². The average Bonchev–Trinajstić information content (AvgIpc) is 3.16. The van der Waals surface area contributed by atoms with E-state index in [-0.39, 0.29) is 35.9 Å². The van der Waals surface area contributed by atoms with Crippen LogP contribution in [-0.4, -0.2) is 57.3 Å². The first-order chi connectivity index (χ1) is 19.2. The first kappa shape index (κ1) is 30.3. The summed E-state index contributed by atoms with van der Waals surface area (Å²) in [7, 11) is 4.60. The number of carbonyl (C=O) groups excluding carboxylic acids is 2. The minimum absolute atomic E-state index is 0.107. The number of ether oxygens (including phenoxy) is 3. The van der Waals surface area contributed by atoms with Gasteiger partial charge in [-0.15, -0.1) is 0 Å². The highest BCUT2D eigenvalue weighted by molar-refractivity contribution is 5.84. The normalized spacial score (nSPS) is 13.7. The van der Waals surface area contributed by atoms with Gasteiger partial charge < -0.3 is 35.3 Å². The Morgan fingerprint density at radius 3 is 2.40 bits per heavy atom. The smallest absolute Gasteiger partial charge is 0.303 e. The molecule has 0 aromatic heterocycles. The molecule has 1 atom stereocenters. The van der Waals surface area contributed by atoms with Crippen molar-refractivity contribution >= 4 is 23.5 Å². The van der Waals surface area contributed by atoms with Crippen LogP contribution in [0.2, 0.25) is 0 Å². The molecule has 1 aliphatic rings. The summed E-state index contributed by atoms with van der Waals surface area (Å²) in [6, 6.07) is 6.35. The lowest BCUT2D eigenvalue weighted by molar-refractivity contribution is -0.137. The molecule has 4 N–H and O–H groups in total. The van der Waals surface area contributed by atoms with Crippen LogP contribution in [0.1, 0.15) is 56.2 Å². The Balaban J connectivity index is 1.93. The van der Waals surface area contributed by atoms with E-state index in [0.717, 1.165) is 11.1 Å². The Labute approximate surface area is 233 Å². The molecule has 11 nitrogen and oxygen atoms in total. The molecule has 40 heavy (non-hydrogen) atoms. The van der Waals surface area contributed by atoms with Gasteiger partial charge in [0.2, 0.25) is 23.0 Å². The molecule has 0 aliphatic heterocycles. The first-order valence-electron chi connectivity index (χ1n) is 13.2. The summed E-state index contributed by atoms with van der Waals surface area (Å²) in [5, 5.41) is 17.4. The molecule has 0 bridgehead atoms. The third-order valence-corrected chi connectivity index (χ3v) is 6.74. The monoisotopic (exact) mass is 555 g/mol. The summed E-state index contributed by atoms with van der Waals surface area (Å²) >= 11 is 0. The van der Waals surface area contributed by atoms with Crippen molar-refractivity contribution in [3.05, 3.63) is 45.6 Å². The van der Waals surface area contributed by atoms with Gasteiger partial charge in [-0.25, -0.2) is 0 Å². The number of hydrogen-bond acceptors (Lipinski definition) is 8. The van der Waals surface area contributed by atoms with E-state index in [1.54, 1.807) is 19.2 Å². The molecule has 1 aliphatic carbocycles. The standard InChI is InChI=1S/C29H37N3O8/c1-17(33)32-21-11-9-18-14-24(38-2)28(39-3)29(40-4)27(18)19-10-12-22(23(34)15-20(19)21)31-16-25(35)30-13-7-5-6-8-26(36)37/h10,12,14-15,21H,5-9,11,13,16H2,1-4H3,(H,30,35)(H,31,34)(H,32,33)(H,36,37)/t21-/m0/s1. The number of carboxylic acid groups (broad SMARTS) is 1. The number of unbranched alkanes of at least 4 members (excludes halogenated alkanes) is 2. The fourth-order valence-corrected chi connectivity index (χ4v) is 4.90. The zero-order chi connectivity index (χ0) is 29.2.